The van der Waals surface area contributed by atoms with Gasteiger partial charge in [-0.15, -0.1) is 0 Å². The van der Waals surface area contributed by atoms with Crippen molar-refractivity contribution in [3.63, 3.8) is 0 Å². The zero-order chi connectivity index (χ0) is 15.0. The molecule has 0 aliphatic rings. The molecule has 21 heavy (non-hydrogen) atoms. The fourth-order valence-electron chi connectivity index (χ4n) is 2.22. The first-order valence-corrected chi connectivity index (χ1v) is 6.10. The fourth-order valence-corrected chi connectivity index (χ4v) is 2.22. The van der Waals surface area contributed by atoms with Crippen molar-refractivity contribution in [3.05, 3.63) is 65.6 Å². The van der Waals surface area contributed by atoms with Gasteiger partial charge in [-0.25, -0.2) is 0 Å². The van der Waals surface area contributed by atoms with Crippen LogP contribution in [0.2, 0.25) is 0 Å². The molecular formula is C15H9F3N2O. The molecule has 1 N–H and O–H groups in total. The second kappa shape index (κ2) is 4.73. The second-order valence-corrected chi connectivity index (χ2v) is 4.50. The van der Waals surface area contributed by atoms with Crippen molar-refractivity contribution in [3.8, 4) is 0 Å². The van der Waals surface area contributed by atoms with Crippen molar-refractivity contribution in [2.24, 2.45) is 0 Å². The van der Waals surface area contributed by atoms with E-state index in [1.54, 1.807) is 6.07 Å². The normalized spacial score (nSPS) is 11.8. The van der Waals surface area contributed by atoms with E-state index in [4.69, 9.17) is 0 Å². The number of aromatic nitrogens is 2. The molecule has 106 valence electrons. The number of benzene rings is 1. The highest BCUT2D eigenvalue weighted by molar-refractivity contribution is 6.16. The molecule has 0 amide bonds. The van der Waals surface area contributed by atoms with Crippen LogP contribution in [0.3, 0.4) is 0 Å². The monoisotopic (exact) mass is 290 g/mol. The van der Waals surface area contributed by atoms with E-state index in [9.17, 15) is 18.0 Å². The SMILES string of the molecule is O=C(c1ccccc1C(F)(F)F)c1c[nH]c2ccncc12. The molecule has 2 heterocycles. The number of carbonyl (C=O) groups excluding carboxylic acids is 1. The van der Waals surface area contributed by atoms with E-state index in [0.29, 0.717) is 10.9 Å². The van der Waals surface area contributed by atoms with Crippen LogP contribution < -0.4 is 0 Å². The summed E-state index contributed by atoms with van der Waals surface area (Å²) in [4.78, 5) is 19.2. The number of rotatable bonds is 2. The smallest absolute Gasteiger partial charge is 0.360 e. The first kappa shape index (κ1) is 13.4. The highest BCUT2D eigenvalue weighted by atomic mass is 19.4. The van der Waals surface area contributed by atoms with E-state index >= 15 is 0 Å². The van der Waals surface area contributed by atoms with Gasteiger partial charge in [0.1, 0.15) is 0 Å². The molecule has 0 spiro atoms. The van der Waals surface area contributed by atoms with Gasteiger partial charge < -0.3 is 4.98 Å². The van der Waals surface area contributed by atoms with Gasteiger partial charge in [0.05, 0.1) is 5.56 Å². The molecule has 0 aliphatic carbocycles. The number of nitrogens with one attached hydrogen (secondary N) is 1. The fraction of sp³-hybridized carbons (Fsp3) is 0.0667. The minimum Gasteiger partial charge on any atom is -0.360 e. The number of ketones is 1. The zero-order valence-electron chi connectivity index (χ0n) is 10.6. The molecule has 0 radical (unpaired) electrons. The third-order valence-electron chi connectivity index (χ3n) is 3.20. The minimum atomic E-state index is -4.57. The Morgan fingerprint density at radius 3 is 2.62 bits per heavy atom. The van der Waals surface area contributed by atoms with E-state index in [0.717, 1.165) is 6.07 Å². The molecule has 0 atom stereocenters. The third kappa shape index (κ3) is 2.29. The van der Waals surface area contributed by atoms with Gasteiger partial charge in [-0.3, -0.25) is 9.78 Å². The quantitative estimate of drug-likeness (QED) is 0.729. The first-order chi connectivity index (χ1) is 9.98. The van der Waals surface area contributed by atoms with Crippen molar-refractivity contribution >= 4 is 16.7 Å². The summed E-state index contributed by atoms with van der Waals surface area (Å²) in [6.07, 6.45) is -0.176. The Morgan fingerprint density at radius 2 is 1.86 bits per heavy atom. The van der Waals surface area contributed by atoms with Gasteiger partial charge in [0.2, 0.25) is 0 Å². The molecule has 0 saturated heterocycles. The lowest BCUT2D eigenvalue weighted by molar-refractivity contribution is -0.137. The number of halogens is 3. The van der Waals surface area contributed by atoms with E-state index in [1.807, 2.05) is 0 Å². The lowest BCUT2D eigenvalue weighted by Crippen LogP contribution is -2.13. The molecular weight excluding hydrogens is 281 g/mol. The molecule has 0 unspecified atom stereocenters. The molecule has 0 saturated carbocycles. The number of fused-ring (bicyclic) bond motifs is 1. The Bertz CT molecular complexity index is 821. The van der Waals surface area contributed by atoms with Gasteiger partial charge in [-0.2, -0.15) is 13.2 Å². The third-order valence-corrected chi connectivity index (χ3v) is 3.20. The van der Waals surface area contributed by atoms with E-state index in [-0.39, 0.29) is 11.1 Å². The Labute approximate surface area is 117 Å². The number of aromatic amines is 1. The summed E-state index contributed by atoms with van der Waals surface area (Å²) < 4.78 is 39.0. The van der Waals surface area contributed by atoms with Crippen LogP contribution in [0.5, 0.6) is 0 Å². The summed E-state index contributed by atoms with van der Waals surface area (Å²) in [6, 6.07) is 6.41. The summed E-state index contributed by atoms with van der Waals surface area (Å²) in [6.45, 7) is 0. The molecule has 3 rings (SSSR count). The molecule has 1 aromatic carbocycles. The average molecular weight is 290 g/mol. The van der Waals surface area contributed by atoms with E-state index in [1.165, 1.54) is 36.8 Å². The maximum atomic E-state index is 13.0. The zero-order valence-corrected chi connectivity index (χ0v) is 10.6. The number of hydrogen-bond donors (Lipinski definition) is 1. The molecule has 3 aromatic rings. The molecule has 6 heteroatoms. The van der Waals surface area contributed by atoms with Crippen molar-refractivity contribution in [2.45, 2.75) is 6.18 Å². The topological polar surface area (TPSA) is 45.8 Å². The van der Waals surface area contributed by atoms with Crippen LogP contribution in [0, 0.1) is 0 Å². The number of alkyl halides is 3. The minimum absolute atomic E-state index is 0.176. The maximum absolute atomic E-state index is 13.0. The van der Waals surface area contributed by atoms with Gasteiger partial charge in [-0.05, 0) is 12.1 Å². The molecule has 0 aliphatic heterocycles. The van der Waals surface area contributed by atoms with Gasteiger partial charge in [0.25, 0.3) is 0 Å². The molecule has 0 bridgehead atoms. The van der Waals surface area contributed by atoms with Crippen molar-refractivity contribution in [2.75, 3.05) is 0 Å². The molecule has 3 nitrogen and oxygen atoms in total. The second-order valence-electron chi connectivity index (χ2n) is 4.50. The largest absolute Gasteiger partial charge is 0.417 e. The summed E-state index contributed by atoms with van der Waals surface area (Å²) in [5.74, 6) is -0.679. The summed E-state index contributed by atoms with van der Waals surface area (Å²) in [5, 5.41) is 0.500. The summed E-state index contributed by atoms with van der Waals surface area (Å²) >= 11 is 0. The molecule has 0 fully saturated rings. The lowest BCUT2D eigenvalue weighted by Gasteiger charge is -2.11. The van der Waals surface area contributed by atoms with E-state index < -0.39 is 17.5 Å². The van der Waals surface area contributed by atoms with Crippen LogP contribution in [-0.4, -0.2) is 15.8 Å². The summed E-state index contributed by atoms with van der Waals surface area (Å²) in [7, 11) is 0. The van der Waals surface area contributed by atoms with Crippen LogP contribution >= 0.6 is 0 Å². The molecule has 2 aromatic heterocycles. The Hall–Kier alpha value is -2.63. The lowest BCUT2D eigenvalue weighted by atomic mass is 9.98. The standard InChI is InChI=1S/C15H9F3N2O/c16-15(17,18)12-4-2-1-3-9(12)14(21)11-8-20-13-5-6-19-7-10(11)13/h1-8,20H. The average Bonchev–Trinajstić information content (AvgIpc) is 2.89. The van der Waals surface area contributed by atoms with Gasteiger partial charge >= 0.3 is 6.18 Å². The number of carbonyl (C=O) groups is 1. The van der Waals surface area contributed by atoms with Crippen LogP contribution in [0.4, 0.5) is 13.2 Å². The van der Waals surface area contributed by atoms with E-state index in [2.05, 4.69) is 9.97 Å². The number of hydrogen-bond acceptors (Lipinski definition) is 2. The van der Waals surface area contributed by atoms with Crippen LogP contribution in [-0.2, 0) is 6.18 Å². The highest BCUT2D eigenvalue weighted by Gasteiger charge is 2.35. The van der Waals surface area contributed by atoms with Crippen LogP contribution in [0.25, 0.3) is 10.9 Å². The van der Waals surface area contributed by atoms with Crippen molar-refractivity contribution < 1.29 is 18.0 Å². The van der Waals surface area contributed by atoms with Crippen molar-refractivity contribution in [1.29, 1.82) is 0 Å². The van der Waals surface area contributed by atoms with Gasteiger partial charge in [0.15, 0.2) is 5.78 Å². The highest BCUT2D eigenvalue weighted by Crippen LogP contribution is 2.33. The Morgan fingerprint density at radius 1 is 1.10 bits per heavy atom. The van der Waals surface area contributed by atoms with Crippen LogP contribution in [0.15, 0.2) is 48.9 Å². The first-order valence-electron chi connectivity index (χ1n) is 6.10. The number of nitrogens with zero attached hydrogens (tertiary/aromatic N) is 1. The Kier molecular flexibility index (Phi) is 3.01. The predicted molar refractivity (Wildman–Crippen MR) is 71.0 cm³/mol. The van der Waals surface area contributed by atoms with Crippen LogP contribution in [0.1, 0.15) is 21.5 Å². The predicted octanol–water partition coefficient (Wildman–Crippen LogP) is 3.81. The van der Waals surface area contributed by atoms with Crippen molar-refractivity contribution in [1.82, 2.24) is 9.97 Å². The number of H-pyrrole nitrogens is 1. The Balaban J connectivity index is 2.16. The number of pyridine rings is 1. The van der Waals surface area contributed by atoms with Gasteiger partial charge in [-0.1, -0.05) is 18.2 Å². The van der Waals surface area contributed by atoms with Gasteiger partial charge in [0, 0.05) is 40.6 Å². The maximum Gasteiger partial charge on any atom is 0.417 e. The summed E-state index contributed by atoms with van der Waals surface area (Å²) in [5.41, 5.74) is -0.476.